The van der Waals surface area contributed by atoms with Gasteiger partial charge in [0, 0.05) is 38.4 Å². The second kappa shape index (κ2) is 8.90. The van der Waals surface area contributed by atoms with Gasteiger partial charge in [-0.25, -0.2) is 18.6 Å². The molecule has 0 saturated carbocycles. The first-order valence-corrected chi connectivity index (χ1v) is 9.77. The molecule has 0 spiro atoms. The Kier molecular flexibility index (Phi) is 5.87. The Bertz CT molecular complexity index is 1070. The van der Waals surface area contributed by atoms with Gasteiger partial charge < -0.3 is 20.4 Å². The molecule has 0 bridgehead atoms. The second-order valence-electron chi connectivity index (χ2n) is 7.15. The molecule has 0 unspecified atom stereocenters. The summed E-state index contributed by atoms with van der Waals surface area (Å²) in [6, 6.07) is 10.1. The van der Waals surface area contributed by atoms with E-state index in [9.17, 15) is 13.6 Å². The number of hydrogen-bond donors (Lipinski definition) is 2. The van der Waals surface area contributed by atoms with E-state index in [1.807, 2.05) is 36.1 Å². The van der Waals surface area contributed by atoms with Gasteiger partial charge >= 0.3 is 6.03 Å². The number of nitrogens with zero attached hydrogens (tertiary/aromatic N) is 5. The van der Waals surface area contributed by atoms with Gasteiger partial charge in [0.1, 0.15) is 17.5 Å². The summed E-state index contributed by atoms with van der Waals surface area (Å²) in [7, 11) is 0. The quantitative estimate of drug-likeness (QED) is 0.665. The highest BCUT2D eigenvalue weighted by Gasteiger charge is 2.23. The van der Waals surface area contributed by atoms with Crippen LogP contribution < -0.4 is 15.5 Å². The van der Waals surface area contributed by atoms with Crippen LogP contribution in [0.5, 0.6) is 0 Å². The molecule has 1 saturated heterocycles. The average Bonchev–Trinajstić information content (AvgIpc) is 2.76. The van der Waals surface area contributed by atoms with Gasteiger partial charge in [-0.2, -0.15) is 0 Å². The van der Waals surface area contributed by atoms with E-state index >= 15 is 0 Å². The smallest absolute Gasteiger partial charge is 0.322 e. The van der Waals surface area contributed by atoms with Gasteiger partial charge in [0.2, 0.25) is 0 Å². The molecule has 160 valence electrons. The second-order valence-corrected chi connectivity index (χ2v) is 7.15. The van der Waals surface area contributed by atoms with Gasteiger partial charge in [-0.15, -0.1) is 10.2 Å². The summed E-state index contributed by atoms with van der Waals surface area (Å²) >= 11 is 0. The Morgan fingerprint density at radius 1 is 0.968 bits per heavy atom. The number of halogens is 2. The van der Waals surface area contributed by atoms with Crippen molar-refractivity contribution in [3.05, 3.63) is 65.9 Å². The van der Waals surface area contributed by atoms with Gasteiger partial charge in [-0.05, 0) is 48.9 Å². The number of anilines is 4. The zero-order valence-electron chi connectivity index (χ0n) is 16.8. The molecule has 31 heavy (non-hydrogen) atoms. The van der Waals surface area contributed by atoms with Crippen molar-refractivity contribution in [1.82, 2.24) is 20.1 Å². The molecule has 0 atom stereocenters. The summed E-state index contributed by atoms with van der Waals surface area (Å²) in [4.78, 5) is 20.2. The van der Waals surface area contributed by atoms with Crippen LogP contribution in [-0.2, 0) is 0 Å². The molecule has 2 aromatic heterocycles. The molecule has 1 aromatic carbocycles. The van der Waals surface area contributed by atoms with Crippen LogP contribution in [0.4, 0.5) is 36.7 Å². The number of amides is 2. The van der Waals surface area contributed by atoms with Crippen LogP contribution >= 0.6 is 0 Å². The number of rotatable bonds is 4. The van der Waals surface area contributed by atoms with Gasteiger partial charge in [-0.1, -0.05) is 0 Å². The number of urea groups is 1. The molecule has 3 aromatic rings. The molecule has 1 aliphatic heterocycles. The van der Waals surface area contributed by atoms with Crippen molar-refractivity contribution < 1.29 is 13.6 Å². The Morgan fingerprint density at radius 3 is 2.45 bits per heavy atom. The van der Waals surface area contributed by atoms with Crippen LogP contribution in [-0.4, -0.2) is 52.3 Å². The van der Waals surface area contributed by atoms with Crippen LogP contribution in [0.15, 0.2) is 48.7 Å². The topological polar surface area (TPSA) is 86.3 Å². The van der Waals surface area contributed by atoms with E-state index < -0.39 is 17.7 Å². The predicted octanol–water partition coefficient (Wildman–Crippen LogP) is 3.56. The van der Waals surface area contributed by atoms with Gasteiger partial charge in [0.15, 0.2) is 11.6 Å². The standard InChI is InChI=1S/C21H21F2N7O/c1-14-6-7-24-19(12-14)26-18-4-5-20(28-27-18)29-8-10-30(11-9-29)21(31)25-17-3-2-15(22)13-16(17)23/h2-7,12-13H,8-11H2,1H3,(H,25,31)(H,24,26,27). The van der Waals surface area contributed by atoms with E-state index in [1.54, 1.807) is 11.1 Å². The number of benzene rings is 1. The molecular formula is C21H21F2N7O. The molecule has 8 nitrogen and oxygen atoms in total. The Morgan fingerprint density at radius 2 is 1.77 bits per heavy atom. The number of nitrogens with one attached hydrogen (secondary N) is 2. The summed E-state index contributed by atoms with van der Waals surface area (Å²) in [5.41, 5.74) is 1.04. The maximum atomic E-state index is 13.7. The first-order valence-electron chi connectivity index (χ1n) is 9.77. The number of pyridine rings is 1. The largest absolute Gasteiger partial charge is 0.352 e. The maximum Gasteiger partial charge on any atom is 0.322 e. The first-order chi connectivity index (χ1) is 15.0. The molecule has 10 heteroatoms. The average molecular weight is 425 g/mol. The number of carbonyl (C=O) groups excluding carboxylic acids is 1. The molecule has 2 N–H and O–H groups in total. The van der Waals surface area contributed by atoms with E-state index in [2.05, 4.69) is 25.8 Å². The van der Waals surface area contributed by atoms with Crippen molar-refractivity contribution in [3.63, 3.8) is 0 Å². The number of carbonyl (C=O) groups is 1. The zero-order chi connectivity index (χ0) is 21.8. The molecular weight excluding hydrogens is 404 g/mol. The monoisotopic (exact) mass is 425 g/mol. The van der Waals surface area contributed by atoms with E-state index in [0.717, 1.165) is 17.7 Å². The molecule has 1 aliphatic rings. The van der Waals surface area contributed by atoms with Crippen LogP contribution in [0, 0.1) is 18.6 Å². The van der Waals surface area contributed by atoms with E-state index in [0.29, 0.717) is 43.6 Å². The minimum Gasteiger partial charge on any atom is -0.352 e. The third-order valence-corrected chi connectivity index (χ3v) is 4.89. The van der Waals surface area contributed by atoms with Crippen molar-refractivity contribution in [2.75, 3.05) is 41.7 Å². The predicted molar refractivity (Wildman–Crippen MR) is 113 cm³/mol. The van der Waals surface area contributed by atoms with Crippen molar-refractivity contribution in [3.8, 4) is 0 Å². The summed E-state index contributed by atoms with van der Waals surface area (Å²) in [5, 5.41) is 14.0. The van der Waals surface area contributed by atoms with Crippen LogP contribution in [0.2, 0.25) is 0 Å². The van der Waals surface area contributed by atoms with Crippen LogP contribution in [0.1, 0.15) is 5.56 Å². The molecule has 0 radical (unpaired) electrons. The van der Waals surface area contributed by atoms with Crippen molar-refractivity contribution in [1.29, 1.82) is 0 Å². The summed E-state index contributed by atoms with van der Waals surface area (Å²) in [5.74, 6) is 0.478. The number of piperazine rings is 1. The third kappa shape index (κ3) is 5.03. The third-order valence-electron chi connectivity index (χ3n) is 4.89. The zero-order valence-corrected chi connectivity index (χ0v) is 16.8. The Balaban J connectivity index is 1.31. The molecule has 3 heterocycles. The number of aromatic nitrogens is 3. The highest BCUT2D eigenvalue weighted by molar-refractivity contribution is 5.89. The van der Waals surface area contributed by atoms with Gasteiger partial charge in [-0.3, -0.25) is 0 Å². The van der Waals surface area contributed by atoms with E-state index in [4.69, 9.17) is 0 Å². The van der Waals surface area contributed by atoms with Crippen molar-refractivity contribution >= 4 is 29.2 Å². The van der Waals surface area contributed by atoms with E-state index in [-0.39, 0.29) is 5.69 Å². The van der Waals surface area contributed by atoms with Crippen LogP contribution in [0.25, 0.3) is 0 Å². The van der Waals surface area contributed by atoms with Crippen molar-refractivity contribution in [2.45, 2.75) is 6.92 Å². The first kappa shape index (κ1) is 20.5. The summed E-state index contributed by atoms with van der Waals surface area (Å²) in [6.45, 7) is 3.96. The van der Waals surface area contributed by atoms with Gasteiger partial charge in [0.05, 0.1) is 5.69 Å². The minimum absolute atomic E-state index is 0.0501. The minimum atomic E-state index is -0.808. The van der Waals surface area contributed by atoms with E-state index in [1.165, 1.54) is 6.07 Å². The lowest BCUT2D eigenvalue weighted by Gasteiger charge is -2.35. The molecule has 2 amide bonds. The normalized spacial score (nSPS) is 13.8. The molecule has 1 fully saturated rings. The Labute approximate surface area is 177 Å². The fourth-order valence-electron chi connectivity index (χ4n) is 3.22. The lowest BCUT2D eigenvalue weighted by molar-refractivity contribution is 0.208. The number of aryl methyl sites for hydroxylation is 1. The van der Waals surface area contributed by atoms with Crippen molar-refractivity contribution in [2.24, 2.45) is 0 Å². The molecule has 4 rings (SSSR count). The fraction of sp³-hybridized carbons (Fsp3) is 0.238. The lowest BCUT2D eigenvalue weighted by Crippen LogP contribution is -2.50. The van der Waals surface area contributed by atoms with Crippen LogP contribution in [0.3, 0.4) is 0 Å². The SMILES string of the molecule is Cc1ccnc(Nc2ccc(N3CCN(C(=O)Nc4ccc(F)cc4F)CC3)nn2)c1. The van der Waals surface area contributed by atoms with Gasteiger partial charge in [0.25, 0.3) is 0 Å². The fourth-order valence-corrected chi connectivity index (χ4v) is 3.22. The summed E-state index contributed by atoms with van der Waals surface area (Å²) < 4.78 is 26.8. The highest BCUT2D eigenvalue weighted by atomic mass is 19.1. The highest BCUT2D eigenvalue weighted by Crippen LogP contribution is 2.19. The Hall–Kier alpha value is -3.82. The molecule has 0 aliphatic carbocycles. The number of hydrogen-bond acceptors (Lipinski definition) is 6. The maximum absolute atomic E-state index is 13.7. The lowest BCUT2D eigenvalue weighted by atomic mass is 10.3. The summed E-state index contributed by atoms with van der Waals surface area (Å²) in [6.07, 6.45) is 1.72.